The molecule has 1 aliphatic carbocycles. The number of methoxy groups -OCH3 is 2. The Morgan fingerprint density at radius 3 is 2.24 bits per heavy atom. The summed E-state index contributed by atoms with van der Waals surface area (Å²) >= 11 is 0. The van der Waals surface area contributed by atoms with Gasteiger partial charge in [-0.25, -0.2) is 4.39 Å². The quantitative estimate of drug-likeness (QED) is 0.906. The third kappa shape index (κ3) is 2.82. The molecule has 17 heavy (non-hydrogen) atoms. The van der Waals surface area contributed by atoms with Crippen molar-refractivity contribution in [3.05, 3.63) is 23.5 Å². The molecular weight excluding hydrogens is 245 g/mol. The molecule has 0 amide bonds. The second kappa shape index (κ2) is 5.56. The Labute approximate surface area is 107 Å². The van der Waals surface area contributed by atoms with E-state index in [0.717, 1.165) is 12.8 Å². The number of halogens is 2. The molecule has 3 nitrogen and oxygen atoms in total. The summed E-state index contributed by atoms with van der Waals surface area (Å²) in [7, 11) is 3.01. The first kappa shape index (κ1) is 14.1. The smallest absolute Gasteiger partial charge is 0.163 e. The van der Waals surface area contributed by atoms with E-state index in [0.29, 0.717) is 23.0 Å². The van der Waals surface area contributed by atoms with Crippen LogP contribution in [0, 0.1) is 11.7 Å². The van der Waals surface area contributed by atoms with Gasteiger partial charge in [-0.2, -0.15) is 0 Å². The van der Waals surface area contributed by atoms with Gasteiger partial charge in [0.05, 0.1) is 14.2 Å². The predicted molar refractivity (Wildman–Crippen MR) is 66.4 cm³/mol. The molecule has 0 bridgehead atoms. The summed E-state index contributed by atoms with van der Waals surface area (Å²) in [5, 5.41) is 0. The molecule has 0 saturated heterocycles. The largest absolute Gasteiger partial charge is 0.493 e. The molecule has 5 heteroatoms. The molecule has 0 aliphatic heterocycles. The number of benzene rings is 1. The molecule has 1 aromatic rings. The Morgan fingerprint density at radius 2 is 1.76 bits per heavy atom. The van der Waals surface area contributed by atoms with Crippen LogP contribution >= 0.6 is 12.4 Å². The first-order valence-corrected chi connectivity index (χ1v) is 5.34. The van der Waals surface area contributed by atoms with Crippen LogP contribution < -0.4 is 15.2 Å². The van der Waals surface area contributed by atoms with Crippen LogP contribution in [0.5, 0.6) is 11.5 Å². The van der Waals surface area contributed by atoms with E-state index in [9.17, 15) is 4.39 Å². The van der Waals surface area contributed by atoms with Crippen LogP contribution in [0.3, 0.4) is 0 Å². The van der Waals surface area contributed by atoms with Crippen LogP contribution in [-0.4, -0.2) is 14.2 Å². The van der Waals surface area contributed by atoms with Gasteiger partial charge < -0.3 is 15.2 Å². The predicted octanol–water partition coefficient (Wildman–Crippen LogP) is 2.67. The van der Waals surface area contributed by atoms with E-state index < -0.39 is 0 Å². The van der Waals surface area contributed by atoms with Crippen molar-refractivity contribution >= 4 is 12.4 Å². The molecule has 1 atom stereocenters. The van der Waals surface area contributed by atoms with Crippen LogP contribution in [-0.2, 0) is 0 Å². The van der Waals surface area contributed by atoms with Crippen molar-refractivity contribution in [2.24, 2.45) is 11.7 Å². The maximum atomic E-state index is 13.8. The monoisotopic (exact) mass is 261 g/mol. The summed E-state index contributed by atoms with van der Waals surface area (Å²) in [6, 6.07) is 2.73. The minimum atomic E-state index is -0.322. The molecule has 0 spiro atoms. The molecule has 1 fully saturated rings. The highest BCUT2D eigenvalue weighted by atomic mass is 35.5. The summed E-state index contributed by atoms with van der Waals surface area (Å²) in [6.45, 7) is 0. The molecular formula is C12H17ClFNO2. The van der Waals surface area contributed by atoms with Crippen molar-refractivity contribution in [1.82, 2.24) is 0 Å². The molecule has 2 N–H and O–H groups in total. The number of hydrogen-bond donors (Lipinski definition) is 1. The zero-order valence-corrected chi connectivity index (χ0v) is 10.7. The topological polar surface area (TPSA) is 44.5 Å². The van der Waals surface area contributed by atoms with Gasteiger partial charge in [0.2, 0.25) is 0 Å². The maximum Gasteiger partial charge on any atom is 0.163 e. The maximum absolute atomic E-state index is 13.8. The van der Waals surface area contributed by atoms with Gasteiger partial charge in [-0.3, -0.25) is 0 Å². The molecule has 0 aromatic heterocycles. The first-order chi connectivity index (χ1) is 7.67. The molecule has 96 valence electrons. The van der Waals surface area contributed by atoms with Crippen molar-refractivity contribution < 1.29 is 13.9 Å². The Morgan fingerprint density at radius 1 is 1.24 bits per heavy atom. The fourth-order valence-electron chi connectivity index (χ4n) is 1.83. The molecule has 0 radical (unpaired) electrons. The van der Waals surface area contributed by atoms with Gasteiger partial charge in [0.15, 0.2) is 11.5 Å². The minimum Gasteiger partial charge on any atom is -0.493 e. The van der Waals surface area contributed by atoms with Crippen LogP contribution in [0.15, 0.2) is 12.1 Å². The average molecular weight is 262 g/mol. The number of ether oxygens (including phenoxy) is 2. The van der Waals surface area contributed by atoms with Gasteiger partial charge in [-0.05, 0) is 24.8 Å². The lowest BCUT2D eigenvalue weighted by Crippen LogP contribution is -2.14. The van der Waals surface area contributed by atoms with E-state index >= 15 is 0 Å². The summed E-state index contributed by atoms with van der Waals surface area (Å²) in [6.07, 6.45) is 2.16. The standard InChI is InChI=1S/C12H16FNO2.ClH/c1-15-10-5-8(12(14)7-3-4-7)9(13)6-11(10)16-2;/h5-7,12H,3-4,14H2,1-2H3;1H/t12-;/m0./s1. The van der Waals surface area contributed by atoms with Gasteiger partial charge in [0.25, 0.3) is 0 Å². The van der Waals surface area contributed by atoms with Gasteiger partial charge in [-0.1, -0.05) is 0 Å². The van der Waals surface area contributed by atoms with Crippen molar-refractivity contribution in [1.29, 1.82) is 0 Å². The molecule has 1 aromatic carbocycles. The van der Waals surface area contributed by atoms with Gasteiger partial charge in [0, 0.05) is 17.7 Å². The summed E-state index contributed by atoms with van der Waals surface area (Å²) in [5.41, 5.74) is 6.49. The zero-order chi connectivity index (χ0) is 11.7. The van der Waals surface area contributed by atoms with E-state index in [1.807, 2.05) is 0 Å². The number of nitrogens with two attached hydrogens (primary N) is 1. The Balaban J connectivity index is 0.00000144. The van der Waals surface area contributed by atoms with E-state index in [4.69, 9.17) is 15.2 Å². The highest BCUT2D eigenvalue weighted by Crippen LogP contribution is 2.42. The number of rotatable bonds is 4. The van der Waals surface area contributed by atoms with E-state index in [1.165, 1.54) is 20.3 Å². The normalized spacial score (nSPS) is 16.0. The van der Waals surface area contributed by atoms with Gasteiger partial charge in [-0.15, -0.1) is 12.4 Å². The van der Waals surface area contributed by atoms with Crippen LogP contribution in [0.1, 0.15) is 24.4 Å². The van der Waals surface area contributed by atoms with Crippen molar-refractivity contribution in [2.45, 2.75) is 18.9 Å². The van der Waals surface area contributed by atoms with E-state index in [-0.39, 0.29) is 24.3 Å². The zero-order valence-electron chi connectivity index (χ0n) is 9.90. The Bertz CT molecular complexity index is 396. The van der Waals surface area contributed by atoms with Crippen LogP contribution in [0.2, 0.25) is 0 Å². The summed E-state index contributed by atoms with van der Waals surface area (Å²) in [4.78, 5) is 0. The van der Waals surface area contributed by atoms with Crippen LogP contribution in [0.25, 0.3) is 0 Å². The van der Waals surface area contributed by atoms with Gasteiger partial charge in [0.1, 0.15) is 5.82 Å². The third-order valence-corrected chi connectivity index (χ3v) is 2.99. The molecule has 1 saturated carbocycles. The molecule has 0 heterocycles. The molecule has 0 unspecified atom stereocenters. The summed E-state index contributed by atoms with van der Waals surface area (Å²) in [5.74, 6) is 1.01. The highest BCUT2D eigenvalue weighted by molar-refractivity contribution is 5.85. The van der Waals surface area contributed by atoms with Crippen molar-refractivity contribution in [3.8, 4) is 11.5 Å². The number of hydrogen-bond acceptors (Lipinski definition) is 3. The molecule has 2 rings (SSSR count). The lowest BCUT2D eigenvalue weighted by molar-refractivity contribution is 0.350. The summed E-state index contributed by atoms with van der Waals surface area (Å²) < 4.78 is 23.9. The SMILES string of the molecule is COc1cc(F)c([C@@H](N)C2CC2)cc1OC.Cl. The van der Waals surface area contributed by atoms with E-state index in [2.05, 4.69) is 0 Å². The fraction of sp³-hybridized carbons (Fsp3) is 0.500. The Hall–Kier alpha value is -1.00. The average Bonchev–Trinajstić information content (AvgIpc) is 3.11. The Kier molecular flexibility index (Phi) is 4.60. The third-order valence-electron chi connectivity index (χ3n) is 2.99. The first-order valence-electron chi connectivity index (χ1n) is 5.34. The lowest BCUT2D eigenvalue weighted by Gasteiger charge is -2.15. The fourth-order valence-corrected chi connectivity index (χ4v) is 1.83. The second-order valence-corrected chi connectivity index (χ2v) is 4.09. The van der Waals surface area contributed by atoms with E-state index in [1.54, 1.807) is 6.07 Å². The van der Waals surface area contributed by atoms with Crippen LogP contribution in [0.4, 0.5) is 4.39 Å². The second-order valence-electron chi connectivity index (χ2n) is 4.09. The lowest BCUT2D eigenvalue weighted by atomic mass is 10.0. The highest BCUT2D eigenvalue weighted by Gasteiger charge is 2.31. The minimum absolute atomic E-state index is 0. The van der Waals surface area contributed by atoms with Gasteiger partial charge >= 0.3 is 0 Å². The molecule has 1 aliphatic rings. The van der Waals surface area contributed by atoms with Crippen molar-refractivity contribution in [3.63, 3.8) is 0 Å². The van der Waals surface area contributed by atoms with Crippen molar-refractivity contribution in [2.75, 3.05) is 14.2 Å².